The highest BCUT2D eigenvalue weighted by atomic mass is 16.4. The molecular weight excluding hydrogens is 320 g/mol. The van der Waals surface area contributed by atoms with Crippen molar-refractivity contribution in [2.24, 2.45) is 0 Å². The third kappa shape index (κ3) is 6.74. The van der Waals surface area contributed by atoms with Crippen LogP contribution in [0.15, 0.2) is 24.3 Å². The number of hydrogen-bond donors (Lipinski definition) is 3. The van der Waals surface area contributed by atoms with Crippen molar-refractivity contribution in [2.75, 3.05) is 25.0 Å². The van der Waals surface area contributed by atoms with Crippen LogP contribution in [0, 0.1) is 0 Å². The Labute approximate surface area is 149 Å². The first kappa shape index (κ1) is 21.0. The van der Waals surface area contributed by atoms with Gasteiger partial charge in [-0.25, -0.2) is 4.79 Å². The maximum atomic E-state index is 12.7. The molecule has 0 aromatic heterocycles. The Bertz CT molecular complexity index is 547. The van der Waals surface area contributed by atoms with E-state index in [0.29, 0.717) is 11.3 Å². The summed E-state index contributed by atoms with van der Waals surface area (Å²) < 4.78 is 0. The first-order chi connectivity index (χ1) is 11.8. The summed E-state index contributed by atoms with van der Waals surface area (Å²) in [5.74, 6) is -1.26. The first-order valence-corrected chi connectivity index (χ1v) is 8.90. The second-order valence-electron chi connectivity index (χ2n) is 6.51. The highest BCUT2D eigenvalue weighted by Gasteiger charge is 2.29. The summed E-state index contributed by atoms with van der Waals surface area (Å²) >= 11 is 0. The summed E-state index contributed by atoms with van der Waals surface area (Å²) in [6.07, 6.45) is 4.06. The van der Waals surface area contributed by atoms with E-state index in [0.717, 1.165) is 38.8 Å². The Morgan fingerprint density at radius 2 is 1.60 bits per heavy atom. The van der Waals surface area contributed by atoms with Crippen molar-refractivity contribution in [3.63, 3.8) is 0 Å². The molecule has 1 atom stereocenters. The van der Waals surface area contributed by atoms with Gasteiger partial charge in [0.05, 0.1) is 6.54 Å². The molecule has 0 bridgehead atoms. The fourth-order valence-corrected chi connectivity index (χ4v) is 2.28. The number of carboxylic acid groups (broad SMARTS) is 1. The van der Waals surface area contributed by atoms with Crippen LogP contribution >= 0.6 is 0 Å². The average Bonchev–Trinajstić information content (AvgIpc) is 2.60. The van der Waals surface area contributed by atoms with Gasteiger partial charge in [-0.3, -0.25) is 4.79 Å². The van der Waals surface area contributed by atoms with Crippen molar-refractivity contribution >= 4 is 17.6 Å². The number of hydrogen-bond acceptors (Lipinski definition) is 4. The molecule has 3 N–H and O–H groups in total. The lowest BCUT2D eigenvalue weighted by atomic mass is 10.1. The van der Waals surface area contributed by atoms with Gasteiger partial charge in [0.15, 0.2) is 5.60 Å². The second kappa shape index (κ2) is 10.0. The van der Waals surface area contributed by atoms with E-state index in [2.05, 4.69) is 19.2 Å². The van der Waals surface area contributed by atoms with E-state index < -0.39 is 11.6 Å². The van der Waals surface area contributed by atoms with Crippen molar-refractivity contribution in [2.45, 2.75) is 52.1 Å². The van der Waals surface area contributed by atoms with E-state index in [1.54, 1.807) is 24.3 Å². The van der Waals surface area contributed by atoms with Gasteiger partial charge in [0.1, 0.15) is 0 Å². The van der Waals surface area contributed by atoms with Crippen LogP contribution in [0.2, 0.25) is 0 Å². The van der Waals surface area contributed by atoms with Gasteiger partial charge >= 0.3 is 5.97 Å². The van der Waals surface area contributed by atoms with Crippen LogP contribution in [0.5, 0.6) is 0 Å². The molecule has 0 radical (unpaired) electrons. The number of nitrogens with one attached hydrogen (secondary N) is 1. The number of carboxylic acids is 1. The van der Waals surface area contributed by atoms with Crippen LogP contribution in [0.1, 0.15) is 56.8 Å². The van der Waals surface area contributed by atoms with Gasteiger partial charge < -0.3 is 20.4 Å². The normalized spacial score (nSPS) is 13.1. The summed E-state index contributed by atoms with van der Waals surface area (Å²) in [5, 5.41) is 21.5. The molecule has 0 saturated heterocycles. The zero-order chi connectivity index (χ0) is 18.9. The van der Waals surface area contributed by atoms with Crippen LogP contribution in [0.4, 0.5) is 5.69 Å². The molecule has 1 unspecified atom stereocenters. The number of anilines is 1. The number of nitrogens with zero attached hydrogens (tertiary/aromatic N) is 1. The largest absolute Gasteiger partial charge is 0.479 e. The lowest BCUT2D eigenvalue weighted by molar-refractivity contribution is -0.155. The average molecular weight is 350 g/mol. The molecule has 1 aromatic carbocycles. The van der Waals surface area contributed by atoms with Crippen LogP contribution in [-0.2, 0) is 4.79 Å². The Kier molecular flexibility index (Phi) is 8.41. The molecule has 1 aromatic rings. The number of rotatable bonds is 11. The van der Waals surface area contributed by atoms with Crippen LogP contribution in [-0.4, -0.2) is 52.2 Å². The van der Waals surface area contributed by atoms with Crippen LogP contribution < -0.4 is 5.32 Å². The predicted molar refractivity (Wildman–Crippen MR) is 98.9 cm³/mol. The topological polar surface area (TPSA) is 89.9 Å². The zero-order valence-electron chi connectivity index (χ0n) is 15.4. The fourth-order valence-electron chi connectivity index (χ4n) is 2.28. The van der Waals surface area contributed by atoms with Gasteiger partial charge in [0.25, 0.3) is 5.91 Å². The fraction of sp³-hybridized carbons (Fsp3) is 0.579. The molecule has 0 saturated carbocycles. The highest BCUT2D eigenvalue weighted by molar-refractivity contribution is 5.94. The highest BCUT2D eigenvalue weighted by Crippen LogP contribution is 2.14. The summed E-state index contributed by atoms with van der Waals surface area (Å²) in [5.41, 5.74) is -0.569. The lowest BCUT2D eigenvalue weighted by Gasteiger charge is -2.23. The molecule has 0 aliphatic heterocycles. The smallest absolute Gasteiger partial charge is 0.337 e. The second-order valence-corrected chi connectivity index (χ2v) is 6.51. The lowest BCUT2D eigenvalue weighted by Crippen LogP contribution is -2.41. The molecule has 0 aliphatic carbocycles. The molecule has 1 rings (SSSR count). The van der Waals surface area contributed by atoms with Crippen molar-refractivity contribution in [1.82, 2.24) is 4.90 Å². The molecule has 25 heavy (non-hydrogen) atoms. The quantitative estimate of drug-likeness (QED) is 0.571. The predicted octanol–water partition coefficient (Wildman–Crippen LogP) is 2.98. The summed E-state index contributed by atoms with van der Waals surface area (Å²) in [6.45, 7) is 6.85. The zero-order valence-corrected chi connectivity index (χ0v) is 15.4. The van der Waals surface area contributed by atoms with E-state index in [4.69, 9.17) is 5.11 Å². The Morgan fingerprint density at radius 3 is 2.04 bits per heavy atom. The van der Waals surface area contributed by atoms with Gasteiger partial charge in [-0.05, 0) is 44.0 Å². The number of unbranched alkanes of at least 4 members (excludes halogenated alkanes) is 2. The Morgan fingerprint density at radius 1 is 1.08 bits per heavy atom. The standard InChI is InChI=1S/C19H30N2O4/c1-4-6-12-21(13-7-5-2)17(22)15-8-10-16(11-9-15)20-14-19(3,25)18(23)24/h8-11,20,25H,4-7,12-14H2,1-3H3,(H,23,24). The molecule has 0 spiro atoms. The minimum Gasteiger partial charge on any atom is -0.479 e. The van der Waals surface area contributed by atoms with Crippen molar-refractivity contribution in [1.29, 1.82) is 0 Å². The van der Waals surface area contributed by atoms with Crippen molar-refractivity contribution in [3.05, 3.63) is 29.8 Å². The van der Waals surface area contributed by atoms with Crippen molar-refractivity contribution in [3.8, 4) is 0 Å². The maximum Gasteiger partial charge on any atom is 0.337 e. The van der Waals surface area contributed by atoms with Gasteiger partial charge in [-0.2, -0.15) is 0 Å². The van der Waals surface area contributed by atoms with E-state index in [1.165, 1.54) is 6.92 Å². The molecule has 6 nitrogen and oxygen atoms in total. The van der Waals surface area contributed by atoms with E-state index >= 15 is 0 Å². The van der Waals surface area contributed by atoms with Crippen LogP contribution in [0.25, 0.3) is 0 Å². The molecule has 0 heterocycles. The molecule has 140 valence electrons. The first-order valence-electron chi connectivity index (χ1n) is 8.90. The van der Waals surface area contributed by atoms with E-state index in [-0.39, 0.29) is 12.5 Å². The molecular formula is C19H30N2O4. The molecule has 6 heteroatoms. The van der Waals surface area contributed by atoms with Crippen LogP contribution in [0.3, 0.4) is 0 Å². The summed E-state index contributed by atoms with van der Waals surface area (Å²) in [7, 11) is 0. The number of aliphatic carboxylic acids is 1. The molecule has 0 fully saturated rings. The number of aliphatic hydroxyl groups is 1. The third-order valence-corrected chi connectivity index (χ3v) is 4.08. The van der Waals surface area contributed by atoms with Gasteiger partial charge in [-0.1, -0.05) is 26.7 Å². The van der Waals surface area contributed by atoms with Gasteiger partial charge in [0.2, 0.25) is 0 Å². The van der Waals surface area contributed by atoms with E-state index in [1.807, 2.05) is 4.90 Å². The summed E-state index contributed by atoms with van der Waals surface area (Å²) in [4.78, 5) is 25.4. The number of benzene rings is 1. The van der Waals surface area contributed by atoms with E-state index in [9.17, 15) is 14.7 Å². The SMILES string of the molecule is CCCCN(CCCC)C(=O)c1ccc(NCC(C)(O)C(=O)O)cc1. The maximum absolute atomic E-state index is 12.7. The Balaban J connectivity index is 2.72. The number of amides is 1. The van der Waals surface area contributed by atoms with Gasteiger partial charge in [-0.15, -0.1) is 0 Å². The van der Waals surface area contributed by atoms with Crippen molar-refractivity contribution < 1.29 is 19.8 Å². The monoisotopic (exact) mass is 350 g/mol. The molecule has 0 aliphatic rings. The minimum absolute atomic E-state index is 0.0194. The molecule has 1 amide bonds. The third-order valence-electron chi connectivity index (χ3n) is 4.08. The van der Waals surface area contributed by atoms with Gasteiger partial charge in [0, 0.05) is 24.3 Å². The summed E-state index contributed by atoms with van der Waals surface area (Å²) in [6, 6.07) is 6.90. The Hall–Kier alpha value is -2.08. The number of carbonyl (C=O) groups is 2. The number of carbonyl (C=O) groups excluding carboxylic acids is 1. The minimum atomic E-state index is -1.84.